The molecule has 2 aromatic carbocycles. The van der Waals surface area contributed by atoms with Crippen LogP contribution >= 0.6 is 0 Å². The van der Waals surface area contributed by atoms with E-state index in [1.165, 1.54) is 5.56 Å². The number of aromatic nitrogens is 1. The van der Waals surface area contributed by atoms with Gasteiger partial charge in [0.25, 0.3) is 0 Å². The predicted octanol–water partition coefficient (Wildman–Crippen LogP) is 4.07. The van der Waals surface area contributed by atoms with Crippen LogP contribution in [0.5, 0.6) is 5.75 Å². The summed E-state index contributed by atoms with van der Waals surface area (Å²) in [7, 11) is 1.68. The van der Waals surface area contributed by atoms with Gasteiger partial charge in [0.2, 0.25) is 5.91 Å². The highest BCUT2D eigenvalue weighted by atomic mass is 16.5. The Hall–Kier alpha value is -3.18. The highest BCUT2D eigenvalue weighted by Gasteiger charge is 2.40. The van der Waals surface area contributed by atoms with Crippen LogP contribution in [0, 0.1) is 5.41 Å². The molecule has 2 N–H and O–H groups in total. The summed E-state index contributed by atoms with van der Waals surface area (Å²) in [6.07, 6.45) is 6.03. The molecule has 1 unspecified atom stereocenters. The van der Waals surface area contributed by atoms with Crippen LogP contribution in [0.25, 0.3) is 11.1 Å². The third kappa shape index (κ3) is 4.94. The van der Waals surface area contributed by atoms with E-state index in [-0.39, 0.29) is 5.91 Å². The summed E-state index contributed by atoms with van der Waals surface area (Å²) in [5.41, 5.74) is 10.0. The van der Waals surface area contributed by atoms with Crippen molar-refractivity contribution in [3.63, 3.8) is 0 Å². The van der Waals surface area contributed by atoms with E-state index in [0.29, 0.717) is 13.0 Å². The first kappa shape index (κ1) is 21.1. The van der Waals surface area contributed by atoms with Gasteiger partial charge in [0.05, 0.1) is 12.5 Å². The molecule has 1 amide bonds. The maximum absolute atomic E-state index is 12.6. The normalized spacial score (nSPS) is 19.1. The van der Waals surface area contributed by atoms with Crippen molar-refractivity contribution >= 4 is 5.91 Å². The van der Waals surface area contributed by atoms with Gasteiger partial charge in [0, 0.05) is 25.5 Å². The molecule has 31 heavy (non-hydrogen) atoms. The van der Waals surface area contributed by atoms with Crippen LogP contribution in [0.15, 0.2) is 73.1 Å². The Kier molecular flexibility index (Phi) is 6.33. The highest BCUT2D eigenvalue weighted by molar-refractivity contribution is 5.81. The lowest BCUT2D eigenvalue weighted by molar-refractivity contribution is -0.131. The number of piperidine rings is 1. The van der Waals surface area contributed by atoms with Crippen molar-refractivity contribution < 1.29 is 9.53 Å². The zero-order valence-corrected chi connectivity index (χ0v) is 18.0. The van der Waals surface area contributed by atoms with E-state index in [1.807, 2.05) is 24.3 Å². The molecule has 160 valence electrons. The molecular weight excluding hydrogens is 386 g/mol. The van der Waals surface area contributed by atoms with E-state index >= 15 is 0 Å². The summed E-state index contributed by atoms with van der Waals surface area (Å²) >= 11 is 0. The number of methoxy groups -OCH3 is 1. The molecule has 4 rings (SSSR count). The first-order chi connectivity index (χ1) is 15.1. The van der Waals surface area contributed by atoms with Crippen LogP contribution < -0.4 is 10.5 Å². The minimum absolute atomic E-state index is 0.207. The summed E-state index contributed by atoms with van der Waals surface area (Å²) in [4.78, 5) is 19.1. The Morgan fingerprint density at radius 2 is 1.81 bits per heavy atom. The molecule has 1 aliphatic rings. The number of likely N-dealkylation sites (tertiary alicyclic amines) is 1. The molecule has 1 saturated heterocycles. The van der Waals surface area contributed by atoms with Crippen LogP contribution in [0.3, 0.4) is 0 Å². The molecule has 0 bridgehead atoms. The second-order valence-corrected chi connectivity index (χ2v) is 8.42. The summed E-state index contributed by atoms with van der Waals surface area (Å²) in [5.74, 6) is 0.644. The fourth-order valence-electron chi connectivity index (χ4n) is 4.57. The predicted molar refractivity (Wildman–Crippen MR) is 123 cm³/mol. The van der Waals surface area contributed by atoms with E-state index in [9.17, 15) is 4.79 Å². The third-order valence-electron chi connectivity index (χ3n) is 6.23. The fourth-order valence-corrected chi connectivity index (χ4v) is 4.57. The molecule has 2 heterocycles. The number of pyridine rings is 1. The maximum atomic E-state index is 12.6. The Morgan fingerprint density at radius 1 is 1.06 bits per heavy atom. The summed E-state index contributed by atoms with van der Waals surface area (Å²) in [6.45, 7) is 2.42. The minimum Gasteiger partial charge on any atom is -0.497 e. The maximum Gasteiger partial charge on any atom is 0.225 e. The van der Waals surface area contributed by atoms with Crippen LogP contribution in [0.2, 0.25) is 0 Å². The van der Waals surface area contributed by atoms with Gasteiger partial charge in [-0.25, -0.2) is 0 Å². The average Bonchev–Trinajstić information content (AvgIpc) is 2.80. The molecule has 0 spiro atoms. The molecule has 0 aliphatic carbocycles. The highest BCUT2D eigenvalue weighted by Crippen LogP contribution is 2.35. The Morgan fingerprint density at radius 3 is 2.52 bits per heavy atom. The number of carbonyl (C=O) groups is 1. The number of amides is 1. The van der Waals surface area contributed by atoms with Crippen LogP contribution in [0.1, 0.15) is 24.0 Å². The van der Waals surface area contributed by atoms with Crippen molar-refractivity contribution in [3.05, 3.63) is 84.2 Å². The van der Waals surface area contributed by atoms with Gasteiger partial charge in [-0.15, -0.1) is 0 Å². The lowest BCUT2D eigenvalue weighted by atomic mass is 9.74. The largest absolute Gasteiger partial charge is 0.497 e. The zero-order chi connectivity index (χ0) is 21.7. The van der Waals surface area contributed by atoms with Crippen molar-refractivity contribution in [2.45, 2.75) is 25.8 Å². The third-order valence-corrected chi connectivity index (χ3v) is 6.23. The molecule has 5 heteroatoms. The number of hydrogen-bond donors (Lipinski definition) is 1. The van der Waals surface area contributed by atoms with Crippen molar-refractivity contribution in [2.24, 2.45) is 11.1 Å². The van der Waals surface area contributed by atoms with Gasteiger partial charge >= 0.3 is 0 Å². The van der Waals surface area contributed by atoms with Gasteiger partial charge < -0.3 is 10.5 Å². The first-order valence-electron chi connectivity index (χ1n) is 10.7. The van der Waals surface area contributed by atoms with Crippen molar-refractivity contribution in [1.29, 1.82) is 0 Å². The quantitative estimate of drug-likeness (QED) is 0.632. The van der Waals surface area contributed by atoms with Crippen molar-refractivity contribution in [1.82, 2.24) is 9.88 Å². The molecule has 0 radical (unpaired) electrons. The van der Waals surface area contributed by atoms with Gasteiger partial charge in [-0.1, -0.05) is 36.4 Å². The fraction of sp³-hybridized carbons (Fsp3) is 0.308. The molecule has 1 aliphatic heterocycles. The van der Waals surface area contributed by atoms with Crippen LogP contribution in [-0.4, -0.2) is 36.0 Å². The summed E-state index contributed by atoms with van der Waals surface area (Å²) in [6, 6.07) is 20.5. The van der Waals surface area contributed by atoms with Crippen LogP contribution in [0.4, 0.5) is 0 Å². The number of ether oxygens (including phenoxy) is 1. The average molecular weight is 416 g/mol. The molecule has 1 atom stereocenters. The number of hydrogen-bond acceptors (Lipinski definition) is 4. The van der Waals surface area contributed by atoms with E-state index in [0.717, 1.165) is 48.4 Å². The van der Waals surface area contributed by atoms with Gasteiger partial charge in [-0.3, -0.25) is 14.7 Å². The molecule has 1 fully saturated rings. The topological polar surface area (TPSA) is 68.4 Å². The van der Waals surface area contributed by atoms with Gasteiger partial charge in [0.15, 0.2) is 0 Å². The standard InChI is InChI=1S/C26H29N3O2/c1-31-24-5-2-4-21(16-24)18-29-15-3-12-26(19-29,25(27)30)17-20-6-8-22(9-7-20)23-10-13-28-14-11-23/h2,4-11,13-14,16H,3,12,15,17-19H2,1H3,(H2,27,30). The number of carbonyl (C=O) groups excluding carboxylic acids is 1. The van der Waals surface area contributed by atoms with Crippen molar-refractivity contribution in [3.8, 4) is 16.9 Å². The zero-order valence-electron chi connectivity index (χ0n) is 18.0. The molecule has 1 aromatic heterocycles. The Balaban J connectivity index is 1.49. The van der Waals surface area contributed by atoms with Gasteiger partial charge in [-0.2, -0.15) is 0 Å². The monoisotopic (exact) mass is 415 g/mol. The van der Waals surface area contributed by atoms with Crippen molar-refractivity contribution in [2.75, 3.05) is 20.2 Å². The number of benzene rings is 2. The van der Waals surface area contributed by atoms with Crippen LogP contribution in [-0.2, 0) is 17.8 Å². The number of rotatable bonds is 7. The molecule has 0 saturated carbocycles. The number of primary amides is 1. The molecule has 5 nitrogen and oxygen atoms in total. The first-order valence-corrected chi connectivity index (χ1v) is 10.7. The summed E-state index contributed by atoms with van der Waals surface area (Å²) < 4.78 is 5.35. The van der Waals surface area contributed by atoms with Gasteiger partial charge in [0.1, 0.15) is 5.75 Å². The number of nitrogens with two attached hydrogens (primary N) is 1. The smallest absolute Gasteiger partial charge is 0.225 e. The lowest BCUT2D eigenvalue weighted by Gasteiger charge is -2.41. The molecule has 3 aromatic rings. The Labute approximate surface area is 183 Å². The molecular formula is C26H29N3O2. The number of nitrogens with zero attached hydrogens (tertiary/aromatic N) is 2. The van der Waals surface area contributed by atoms with E-state index < -0.39 is 5.41 Å². The second-order valence-electron chi connectivity index (χ2n) is 8.42. The second kappa shape index (κ2) is 9.31. The summed E-state index contributed by atoms with van der Waals surface area (Å²) in [5, 5.41) is 0. The van der Waals surface area contributed by atoms with E-state index in [4.69, 9.17) is 10.5 Å². The SMILES string of the molecule is COc1cccc(CN2CCCC(Cc3ccc(-c4ccncc4)cc3)(C(N)=O)C2)c1. The minimum atomic E-state index is -0.546. The van der Waals surface area contributed by atoms with Gasteiger partial charge in [-0.05, 0) is 72.3 Å². The van der Waals surface area contributed by atoms with E-state index in [2.05, 4.69) is 46.3 Å². The lowest BCUT2D eigenvalue weighted by Crippen LogP contribution is -2.51. The Bertz CT molecular complexity index is 1020. The van der Waals surface area contributed by atoms with E-state index in [1.54, 1.807) is 19.5 Å².